The van der Waals surface area contributed by atoms with Crippen molar-refractivity contribution in [3.8, 4) is 0 Å². The van der Waals surface area contributed by atoms with Crippen LogP contribution in [0.4, 0.5) is 0 Å². The Balaban J connectivity index is 1.99. The Kier molecular flexibility index (Phi) is 5.21. The second kappa shape index (κ2) is 6.74. The van der Waals surface area contributed by atoms with Crippen LogP contribution in [0, 0.1) is 11.3 Å². The fraction of sp³-hybridized carbons (Fsp3) is 0.632. The van der Waals surface area contributed by atoms with Crippen LogP contribution >= 0.6 is 0 Å². The number of benzene rings is 1. The van der Waals surface area contributed by atoms with Crippen molar-refractivity contribution in [1.82, 2.24) is 0 Å². The van der Waals surface area contributed by atoms with Crippen LogP contribution in [0.2, 0.25) is 0 Å². The Morgan fingerprint density at radius 1 is 1.19 bits per heavy atom. The zero-order valence-corrected chi connectivity index (χ0v) is 13.8. The molecule has 2 heteroatoms. The highest BCUT2D eigenvalue weighted by Crippen LogP contribution is 2.36. The second-order valence-electron chi connectivity index (χ2n) is 7.42. The molecule has 3 atom stereocenters. The molecule has 1 aromatic rings. The van der Waals surface area contributed by atoms with E-state index >= 15 is 0 Å². The average Bonchev–Trinajstić information content (AvgIpc) is 2.45. The van der Waals surface area contributed by atoms with Gasteiger partial charge in [0.05, 0.1) is 12.2 Å². The molecule has 21 heavy (non-hydrogen) atoms. The molecule has 0 aliphatic carbocycles. The summed E-state index contributed by atoms with van der Waals surface area (Å²) in [6.07, 6.45) is 4.17. The molecule has 0 bridgehead atoms. The van der Waals surface area contributed by atoms with Crippen molar-refractivity contribution in [3.05, 3.63) is 35.9 Å². The Morgan fingerprint density at radius 3 is 2.43 bits per heavy atom. The molecular formula is C19H28O2. The summed E-state index contributed by atoms with van der Waals surface area (Å²) in [5, 5.41) is 0. The second-order valence-corrected chi connectivity index (χ2v) is 7.42. The lowest BCUT2D eigenvalue weighted by Crippen LogP contribution is -2.42. The number of ketones is 1. The standard InChI is InChI=1S/C19H28O2/c1-14(20)16-12-17(21-18(13-16)19(2,3)4)11-10-15-8-6-5-7-9-15/h5-9,16-18H,10-13H2,1-4H3/t16-,17-,18-/m1/s1. The molecule has 1 aliphatic heterocycles. The lowest BCUT2D eigenvalue weighted by molar-refractivity contribution is -0.141. The van der Waals surface area contributed by atoms with Crippen molar-refractivity contribution in [1.29, 1.82) is 0 Å². The molecule has 0 saturated carbocycles. The molecule has 0 radical (unpaired) electrons. The monoisotopic (exact) mass is 288 g/mol. The lowest BCUT2D eigenvalue weighted by Gasteiger charge is -2.41. The first-order valence-corrected chi connectivity index (χ1v) is 8.06. The third-order valence-electron chi connectivity index (χ3n) is 4.54. The molecule has 0 N–H and O–H groups in total. The van der Waals surface area contributed by atoms with Gasteiger partial charge in [-0.15, -0.1) is 0 Å². The first kappa shape index (κ1) is 16.2. The molecule has 2 rings (SSSR count). The van der Waals surface area contributed by atoms with Crippen LogP contribution < -0.4 is 0 Å². The van der Waals surface area contributed by atoms with Crippen molar-refractivity contribution in [2.24, 2.45) is 11.3 Å². The highest BCUT2D eigenvalue weighted by Gasteiger charge is 2.37. The predicted molar refractivity (Wildman–Crippen MR) is 86.3 cm³/mol. The first-order chi connectivity index (χ1) is 9.86. The summed E-state index contributed by atoms with van der Waals surface area (Å²) in [5.41, 5.74) is 1.44. The maximum Gasteiger partial charge on any atom is 0.133 e. The van der Waals surface area contributed by atoms with Crippen molar-refractivity contribution in [2.45, 2.75) is 65.6 Å². The Hall–Kier alpha value is -1.15. The number of hydrogen-bond donors (Lipinski definition) is 0. The molecule has 1 aliphatic rings. The van der Waals surface area contributed by atoms with E-state index < -0.39 is 0 Å². The van der Waals surface area contributed by atoms with Gasteiger partial charge in [-0.05, 0) is 43.6 Å². The molecule has 0 amide bonds. The molecule has 0 aromatic heterocycles. The molecule has 1 saturated heterocycles. The Morgan fingerprint density at radius 2 is 1.86 bits per heavy atom. The first-order valence-electron chi connectivity index (χ1n) is 8.06. The van der Waals surface area contributed by atoms with Crippen LogP contribution in [0.3, 0.4) is 0 Å². The fourth-order valence-electron chi connectivity index (χ4n) is 3.06. The number of ether oxygens (including phenoxy) is 1. The van der Waals surface area contributed by atoms with Crippen molar-refractivity contribution in [2.75, 3.05) is 0 Å². The van der Waals surface area contributed by atoms with Gasteiger partial charge >= 0.3 is 0 Å². The molecule has 2 nitrogen and oxygen atoms in total. The van der Waals surface area contributed by atoms with Gasteiger partial charge in [-0.1, -0.05) is 51.1 Å². The van der Waals surface area contributed by atoms with Gasteiger partial charge in [0.25, 0.3) is 0 Å². The number of Topliss-reactive ketones (excluding diaryl/α,β-unsaturated/α-hetero) is 1. The molecular weight excluding hydrogens is 260 g/mol. The third-order valence-corrected chi connectivity index (χ3v) is 4.54. The summed E-state index contributed by atoms with van der Waals surface area (Å²) in [7, 11) is 0. The third kappa shape index (κ3) is 4.67. The molecule has 1 fully saturated rings. The van der Waals surface area contributed by atoms with Gasteiger partial charge < -0.3 is 4.74 Å². The summed E-state index contributed by atoms with van der Waals surface area (Å²) in [4.78, 5) is 11.8. The zero-order valence-electron chi connectivity index (χ0n) is 13.8. The van der Waals surface area contributed by atoms with Gasteiger partial charge in [0.1, 0.15) is 5.78 Å². The van der Waals surface area contributed by atoms with Crippen molar-refractivity contribution < 1.29 is 9.53 Å². The van der Waals surface area contributed by atoms with E-state index in [4.69, 9.17) is 4.74 Å². The SMILES string of the molecule is CC(=O)[C@@H]1C[C@@H](CCc2ccccc2)O[C@@H](C(C)(C)C)C1. The smallest absolute Gasteiger partial charge is 0.133 e. The van der Waals surface area contributed by atoms with Crippen LogP contribution in [0.15, 0.2) is 30.3 Å². The minimum absolute atomic E-state index is 0.0963. The summed E-state index contributed by atoms with van der Waals surface area (Å²) in [6, 6.07) is 10.5. The predicted octanol–water partition coefficient (Wildman–Crippen LogP) is 4.42. The van der Waals surface area contributed by atoms with Crippen LogP contribution in [0.25, 0.3) is 0 Å². The van der Waals surface area contributed by atoms with Gasteiger partial charge in [-0.2, -0.15) is 0 Å². The fourth-order valence-corrected chi connectivity index (χ4v) is 3.06. The van der Waals surface area contributed by atoms with Gasteiger partial charge in [0.2, 0.25) is 0 Å². The van der Waals surface area contributed by atoms with E-state index in [1.54, 1.807) is 6.92 Å². The number of rotatable bonds is 4. The molecule has 116 valence electrons. The molecule has 1 heterocycles. The van der Waals surface area contributed by atoms with E-state index in [9.17, 15) is 4.79 Å². The highest BCUT2D eigenvalue weighted by molar-refractivity contribution is 5.78. The van der Waals surface area contributed by atoms with Crippen LogP contribution in [0.5, 0.6) is 0 Å². The number of hydrogen-bond acceptors (Lipinski definition) is 2. The topological polar surface area (TPSA) is 26.3 Å². The minimum atomic E-state index is 0.0963. The summed E-state index contributed by atoms with van der Waals surface area (Å²) in [6.45, 7) is 8.33. The highest BCUT2D eigenvalue weighted by atomic mass is 16.5. The van der Waals surface area contributed by atoms with E-state index in [-0.39, 0.29) is 23.5 Å². The summed E-state index contributed by atoms with van der Waals surface area (Å²) < 4.78 is 6.30. The maximum atomic E-state index is 11.8. The van der Waals surface area contributed by atoms with Gasteiger partial charge in [-0.25, -0.2) is 0 Å². The Labute approximate surface area is 128 Å². The van der Waals surface area contributed by atoms with Crippen molar-refractivity contribution in [3.63, 3.8) is 0 Å². The van der Waals surface area contributed by atoms with Gasteiger partial charge in [0, 0.05) is 5.92 Å². The van der Waals surface area contributed by atoms with E-state index in [0.717, 1.165) is 25.7 Å². The summed E-state index contributed by atoms with van der Waals surface area (Å²) >= 11 is 0. The van der Waals surface area contributed by atoms with Crippen LogP contribution in [-0.2, 0) is 16.0 Å². The maximum absolute atomic E-state index is 11.8. The van der Waals surface area contributed by atoms with Gasteiger partial charge in [-0.3, -0.25) is 4.79 Å². The van der Waals surface area contributed by atoms with E-state index in [0.29, 0.717) is 5.78 Å². The number of carbonyl (C=O) groups excluding carboxylic acids is 1. The minimum Gasteiger partial charge on any atom is -0.374 e. The van der Waals surface area contributed by atoms with E-state index in [1.165, 1.54) is 5.56 Å². The zero-order chi connectivity index (χ0) is 15.5. The number of aryl methyl sites for hydroxylation is 1. The quantitative estimate of drug-likeness (QED) is 0.820. The van der Waals surface area contributed by atoms with Crippen LogP contribution in [0.1, 0.15) is 52.5 Å². The number of carbonyl (C=O) groups is 1. The molecule has 0 spiro atoms. The lowest BCUT2D eigenvalue weighted by atomic mass is 9.78. The van der Waals surface area contributed by atoms with Crippen LogP contribution in [-0.4, -0.2) is 18.0 Å². The summed E-state index contributed by atoms with van der Waals surface area (Å²) in [5.74, 6) is 0.487. The largest absolute Gasteiger partial charge is 0.374 e. The van der Waals surface area contributed by atoms with Crippen molar-refractivity contribution >= 4 is 5.78 Å². The average molecular weight is 288 g/mol. The van der Waals surface area contributed by atoms with Gasteiger partial charge in [0.15, 0.2) is 0 Å². The van der Waals surface area contributed by atoms with E-state index in [2.05, 4.69) is 45.0 Å². The normalized spacial score (nSPS) is 26.6. The van der Waals surface area contributed by atoms with E-state index in [1.807, 2.05) is 6.07 Å². The Bertz CT molecular complexity index is 458. The molecule has 0 unspecified atom stereocenters. The molecule has 1 aromatic carbocycles.